The van der Waals surface area contributed by atoms with Crippen molar-refractivity contribution in [1.29, 1.82) is 0 Å². The van der Waals surface area contributed by atoms with Crippen molar-refractivity contribution in [1.82, 2.24) is 4.98 Å². The summed E-state index contributed by atoms with van der Waals surface area (Å²) in [7, 11) is 1.91. The highest BCUT2D eigenvalue weighted by Gasteiger charge is 2.04. The van der Waals surface area contributed by atoms with E-state index in [0.717, 1.165) is 29.9 Å². The third-order valence-electron chi connectivity index (χ3n) is 2.84. The van der Waals surface area contributed by atoms with Gasteiger partial charge in [0.05, 0.1) is 11.4 Å². The molecule has 0 aliphatic heterocycles. The summed E-state index contributed by atoms with van der Waals surface area (Å²) in [5.41, 5.74) is 2.96. The fourth-order valence-electron chi connectivity index (χ4n) is 1.60. The number of rotatable bonds is 5. The van der Waals surface area contributed by atoms with Gasteiger partial charge in [0, 0.05) is 19.5 Å². The third-order valence-corrected chi connectivity index (χ3v) is 2.84. The Kier molecular flexibility index (Phi) is 4.96. The van der Waals surface area contributed by atoms with Crippen LogP contribution in [0.4, 0.5) is 11.4 Å². The zero-order valence-corrected chi connectivity index (χ0v) is 10.6. The molecule has 1 aromatic heterocycles. The molecule has 0 saturated heterocycles. The number of nitrogens with one attached hydrogen (secondary N) is 1. The molecule has 0 radical (unpaired) electrons. The van der Waals surface area contributed by atoms with Crippen LogP contribution in [0, 0.1) is 12.8 Å². The first kappa shape index (κ1) is 12.7. The Morgan fingerprint density at radius 1 is 1.44 bits per heavy atom. The molecule has 3 nitrogen and oxygen atoms in total. The second-order valence-electron chi connectivity index (χ2n) is 3.90. The number of hydrogen-bond donors (Lipinski definition) is 1. The van der Waals surface area contributed by atoms with Crippen LogP contribution in [0.1, 0.15) is 32.4 Å². The van der Waals surface area contributed by atoms with E-state index in [2.05, 4.69) is 29.1 Å². The second kappa shape index (κ2) is 6.26. The summed E-state index contributed by atoms with van der Waals surface area (Å²) in [6.45, 7) is 6.37. The number of anilines is 1. The summed E-state index contributed by atoms with van der Waals surface area (Å²) in [6, 6.07) is 1.95. The highest BCUT2D eigenvalue weighted by Crippen LogP contribution is 2.26. The highest BCUT2D eigenvalue weighted by molar-refractivity contribution is 5.74. The van der Waals surface area contributed by atoms with Crippen LogP contribution < -0.4 is 5.32 Å². The highest BCUT2D eigenvalue weighted by atomic mass is 14.9. The molecular formula is C13H21N3. The molecule has 0 spiro atoms. The lowest BCUT2D eigenvalue weighted by atomic mass is 10.1. The van der Waals surface area contributed by atoms with Gasteiger partial charge in [-0.1, -0.05) is 13.8 Å². The van der Waals surface area contributed by atoms with E-state index in [1.165, 1.54) is 0 Å². The number of nitrogens with zero attached hydrogens (tertiary/aromatic N) is 2. The van der Waals surface area contributed by atoms with Gasteiger partial charge in [0.25, 0.3) is 0 Å². The van der Waals surface area contributed by atoms with Crippen LogP contribution in [0.3, 0.4) is 0 Å². The lowest BCUT2D eigenvalue weighted by molar-refractivity contribution is 0.655. The normalized spacial score (nSPS) is 11.3. The second-order valence-corrected chi connectivity index (χ2v) is 3.90. The molecule has 0 amide bonds. The smallest absolute Gasteiger partial charge is 0.107 e. The quantitative estimate of drug-likeness (QED) is 0.769. The molecule has 0 aliphatic carbocycles. The predicted molar refractivity (Wildman–Crippen MR) is 70.7 cm³/mol. The van der Waals surface area contributed by atoms with Crippen LogP contribution in [0.25, 0.3) is 0 Å². The maximum Gasteiger partial charge on any atom is 0.107 e. The van der Waals surface area contributed by atoms with Gasteiger partial charge >= 0.3 is 0 Å². The first-order chi connectivity index (χ1) is 7.72. The molecule has 1 aromatic rings. The molecular weight excluding hydrogens is 198 g/mol. The summed E-state index contributed by atoms with van der Waals surface area (Å²) in [6.07, 6.45) is 6.12. The van der Waals surface area contributed by atoms with Gasteiger partial charge in [-0.25, -0.2) is 0 Å². The molecule has 3 heteroatoms. The molecule has 1 rings (SSSR count). The number of aryl methyl sites for hydroxylation is 1. The van der Waals surface area contributed by atoms with Crippen molar-refractivity contribution in [2.45, 2.75) is 33.6 Å². The average molecular weight is 219 g/mol. The number of aliphatic imine (C=N–C) groups is 1. The molecule has 0 aliphatic rings. The summed E-state index contributed by atoms with van der Waals surface area (Å²) in [5.74, 6) is 0.560. The van der Waals surface area contributed by atoms with Crippen LogP contribution in [0.15, 0.2) is 17.3 Å². The van der Waals surface area contributed by atoms with Gasteiger partial charge in [-0.2, -0.15) is 0 Å². The zero-order chi connectivity index (χ0) is 12.0. The maximum atomic E-state index is 4.57. The Labute approximate surface area is 98.0 Å². The van der Waals surface area contributed by atoms with E-state index in [1.807, 2.05) is 26.3 Å². The first-order valence-corrected chi connectivity index (χ1v) is 5.90. The molecule has 0 aromatic carbocycles. The molecule has 0 atom stereocenters. The SMILES string of the molecule is CCC(C=Nc1c(NC)ccnc1C)CC. The van der Waals surface area contributed by atoms with E-state index < -0.39 is 0 Å². The molecule has 1 heterocycles. The van der Waals surface area contributed by atoms with E-state index in [4.69, 9.17) is 0 Å². The van der Waals surface area contributed by atoms with Gasteiger partial charge < -0.3 is 5.32 Å². The van der Waals surface area contributed by atoms with Crippen molar-refractivity contribution in [3.63, 3.8) is 0 Å². The van der Waals surface area contributed by atoms with E-state index >= 15 is 0 Å². The molecule has 16 heavy (non-hydrogen) atoms. The number of pyridine rings is 1. The van der Waals surface area contributed by atoms with Crippen molar-refractivity contribution in [3.05, 3.63) is 18.0 Å². The minimum absolute atomic E-state index is 0.560. The minimum atomic E-state index is 0.560. The molecule has 88 valence electrons. The molecule has 0 unspecified atom stereocenters. The fraction of sp³-hybridized carbons (Fsp3) is 0.538. The van der Waals surface area contributed by atoms with Gasteiger partial charge in [0.15, 0.2) is 0 Å². The van der Waals surface area contributed by atoms with E-state index in [1.54, 1.807) is 6.20 Å². The number of aromatic nitrogens is 1. The topological polar surface area (TPSA) is 37.3 Å². The summed E-state index contributed by atoms with van der Waals surface area (Å²) < 4.78 is 0. The minimum Gasteiger partial charge on any atom is -0.386 e. The Balaban J connectivity index is 2.95. The number of hydrogen-bond acceptors (Lipinski definition) is 3. The van der Waals surface area contributed by atoms with Crippen LogP contribution in [-0.4, -0.2) is 18.2 Å². The Hall–Kier alpha value is -1.38. The van der Waals surface area contributed by atoms with E-state index in [0.29, 0.717) is 5.92 Å². The average Bonchev–Trinajstić information content (AvgIpc) is 2.31. The van der Waals surface area contributed by atoms with Crippen molar-refractivity contribution in [3.8, 4) is 0 Å². The van der Waals surface area contributed by atoms with Gasteiger partial charge in [-0.05, 0) is 31.7 Å². The Morgan fingerprint density at radius 3 is 2.69 bits per heavy atom. The summed E-state index contributed by atoms with van der Waals surface area (Å²) in [5, 5.41) is 3.14. The maximum absolute atomic E-state index is 4.57. The molecule has 0 saturated carbocycles. The van der Waals surface area contributed by atoms with E-state index in [9.17, 15) is 0 Å². The fourth-order valence-corrected chi connectivity index (χ4v) is 1.60. The van der Waals surface area contributed by atoms with E-state index in [-0.39, 0.29) is 0 Å². The van der Waals surface area contributed by atoms with Gasteiger partial charge in [-0.3, -0.25) is 9.98 Å². The van der Waals surface area contributed by atoms with Crippen LogP contribution in [0.5, 0.6) is 0 Å². The Bertz CT molecular complexity index is 354. The van der Waals surface area contributed by atoms with Gasteiger partial charge in [0.2, 0.25) is 0 Å². The lowest BCUT2D eigenvalue weighted by Gasteiger charge is -2.08. The van der Waals surface area contributed by atoms with Crippen molar-refractivity contribution in [2.24, 2.45) is 10.9 Å². The first-order valence-electron chi connectivity index (χ1n) is 5.90. The molecule has 0 fully saturated rings. The Morgan fingerprint density at radius 2 is 2.12 bits per heavy atom. The van der Waals surface area contributed by atoms with Crippen LogP contribution in [-0.2, 0) is 0 Å². The van der Waals surface area contributed by atoms with Crippen molar-refractivity contribution in [2.75, 3.05) is 12.4 Å². The van der Waals surface area contributed by atoms with Crippen molar-refractivity contribution >= 4 is 17.6 Å². The third kappa shape index (κ3) is 3.05. The monoisotopic (exact) mass is 219 g/mol. The summed E-state index contributed by atoms with van der Waals surface area (Å²) in [4.78, 5) is 8.83. The van der Waals surface area contributed by atoms with Gasteiger partial charge in [0.1, 0.15) is 5.69 Å². The zero-order valence-electron chi connectivity index (χ0n) is 10.6. The van der Waals surface area contributed by atoms with Crippen molar-refractivity contribution < 1.29 is 0 Å². The van der Waals surface area contributed by atoms with Gasteiger partial charge in [-0.15, -0.1) is 0 Å². The predicted octanol–water partition coefficient (Wildman–Crippen LogP) is 3.57. The lowest BCUT2D eigenvalue weighted by Crippen LogP contribution is -1.98. The molecule has 0 bridgehead atoms. The van der Waals surface area contributed by atoms with Crippen LogP contribution in [0.2, 0.25) is 0 Å². The summed E-state index contributed by atoms with van der Waals surface area (Å²) >= 11 is 0. The molecule has 1 N–H and O–H groups in total. The van der Waals surface area contributed by atoms with Crippen LogP contribution >= 0.6 is 0 Å². The standard InChI is InChI=1S/C13H21N3/c1-5-11(6-2)9-16-13-10(3)15-8-7-12(13)14-4/h7-9,11H,5-6H2,1-4H3,(H,14,15). The largest absolute Gasteiger partial charge is 0.386 e.